The number of ether oxygens (including phenoxy) is 1. The van der Waals surface area contributed by atoms with E-state index in [0.29, 0.717) is 11.5 Å². The molecule has 0 aliphatic carbocycles. The molecule has 1 aromatic carbocycles. The molecule has 0 bridgehead atoms. The number of esters is 1. The summed E-state index contributed by atoms with van der Waals surface area (Å²) in [7, 11) is 1.19. The van der Waals surface area contributed by atoms with E-state index >= 15 is 0 Å². The van der Waals surface area contributed by atoms with Crippen LogP contribution in [-0.2, 0) is 10.2 Å². The van der Waals surface area contributed by atoms with Crippen LogP contribution < -0.4 is 5.32 Å². The Morgan fingerprint density at radius 3 is 2.42 bits per heavy atom. The minimum atomic E-state index is -0.677. The smallest absolute Gasteiger partial charge is 0.338 e. The van der Waals surface area contributed by atoms with E-state index in [4.69, 9.17) is 0 Å². The summed E-state index contributed by atoms with van der Waals surface area (Å²) in [6.07, 6.45) is 0. The Hall–Kier alpha value is -3.23. The first-order valence-corrected chi connectivity index (χ1v) is 7.80. The van der Waals surface area contributed by atoms with Crippen LogP contribution in [0.5, 0.6) is 0 Å². The maximum absolute atomic E-state index is 11.9. The van der Waals surface area contributed by atoms with Gasteiger partial charge in [0, 0.05) is 24.5 Å². The Morgan fingerprint density at radius 1 is 1.27 bits per heavy atom. The van der Waals surface area contributed by atoms with E-state index in [2.05, 4.69) is 15.2 Å². The van der Waals surface area contributed by atoms with Gasteiger partial charge < -0.3 is 10.1 Å². The van der Waals surface area contributed by atoms with Gasteiger partial charge in [-0.25, -0.2) is 4.79 Å². The molecule has 1 aromatic heterocycles. The van der Waals surface area contributed by atoms with Crippen molar-refractivity contribution in [1.82, 2.24) is 9.78 Å². The van der Waals surface area contributed by atoms with E-state index in [0.717, 1.165) is 10.7 Å². The Morgan fingerprint density at radius 2 is 1.92 bits per heavy atom. The van der Waals surface area contributed by atoms with Crippen molar-refractivity contribution < 1.29 is 19.2 Å². The van der Waals surface area contributed by atoms with Crippen molar-refractivity contribution in [2.45, 2.75) is 33.1 Å². The molecule has 0 saturated heterocycles. The topological polar surface area (TPSA) is 116 Å². The number of aromatic nitrogens is 2. The number of carbonyl (C=O) groups excluding carboxylic acids is 2. The summed E-state index contributed by atoms with van der Waals surface area (Å²) in [6.45, 7) is 7.17. The molecule has 0 atom stereocenters. The molecular formula is C17H20N4O5. The number of nitrogens with one attached hydrogen (secondary N) is 1. The van der Waals surface area contributed by atoms with Gasteiger partial charge in [-0.2, -0.15) is 9.78 Å². The zero-order valence-corrected chi connectivity index (χ0v) is 15.2. The lowest BCUT2D eigenvalue weighted by atomic mass is 9.92. The Labute approximate surface area is 150 Å². The standard InChI is InChI=1S/C17H20N4O5/c1-10(22)20-15(9-14(19-20)17(2,3)4)18-12-7-6-11(16(23)26-5)8-13(12)21(24)25/h6-9,18H,1-5H3. The molecule has 2 aromatic rings. The van der Waals surface area contributed by atoms with Gasteiger partial charge in [-0.05, 0) is 12.1 Å². The van der Waals surface area contributed by atoms with E-state index in [1.54, 1.807) is 6.07 Å². The maximum atomic E-state index is 11.9. The van der Waals surface area contributed by atoms with Crippen LogP contribution in [0, 0.1) is 10.1 Å². The monoisotopic (exact) mass is 360 g/mol. The van der Waals surface area contributed by atoms with E-state index in [1.807, 2.05) is 20.8 Å². The summed E-state index contributed by atoms with van der Waals surface area (Å²) >= 11 is 0. The van der Waals surface area contributed by atoms with Crippen LogP contribution in [0.25, 0.3) is 0 Å². The van der Waals surface area contributed by atoms with E-state index in [9.17, 15) is 19.7 Å². The van der Waals surface area contributed by atoms with Crippen molar-refractivity contribution in [2.75, 3.05) is 12.4 Å². The van der Waals surface area contributed by atoms with Gasteiger partial charge in [0.1, 0.15) is 11.5 Å². The first kappa shape index (κ1) is 19.1. The summed E-state index contributed by atoms with van der Waals surface area (Å²) in [4.78, 5) is 34.2. The molecule has 0 aliphatic heterocycles. The van der Waals surface area contributed by atoms with Crippen LogP contribution in [0.3, 0.4) is 0 Å². The van der Waals surface area contributed by atoms with Crippen molar-refractivity contribution in [3.63, 3.8) is 0 Å². The van der Waals surface area contributed by atoms with Crippen molar-refractivity contribution in [2.24, 2.45) is 0 Å². The molecule has 1 N–H and O–H groups in total. The normalized spacial score (nSPS) is 11.1. The highest BCUT2D eigenvalue weighted by atomic mass is 16.6. The third kappa shape index (κ3) is 3.88. The van der Waals surface area contributed by atoms with Crippen LogP contribution in [0.4, 0.5) is 17.2 Å². The number of nitro benzene ring substituents is 1. The Bertz CT molecular complexity index is 880. The van der Waals surface area contributed by atoms with Gasteiger partial charge in [-0.1, -0.05) is 20.8 Å². The second kappa shape index (κ2) is 6.95. The number of methoxy groups -OCH3 is 1. The minimum absolute atomic E-state index is 0.0557. The van der Waals surface area contributed by atoms with Crippen LogP contribution in [0.2, 0.25) is 0 Å². The van der Waals surface area contributed by atoms with E-state index < -0.39 is 10.9 Å². The molecule has 9 nitrogen and oxygen atoms in total. The highest BCUT2D eigenvalue weighted by Crippen LogP contribution is 2.31. The Kier molecular flexibility index (Phi) is 5.10. The summed E-state index contributed by atoms with van der Waals surface area (Å²) in [5.41, 5.74) is 0.217. The number of nitro groups is 1. The molecule has 0 fully saturated rings. The first-order valence-electron chi connectivity index (χ1n) is 7.80. The van der Waals surface area contributed by atoms with Gasteiger partial charge in [-0.15, -0.1) is 0 Å². The third-order valence-corrected chi connectivity index (χ3v) is 3.65. The van der Waals surface area contributed by atoms with Gasteiger partial charge in [0.25, 0.3) is 5.69 Å². The lowest BCUT2D eigenvalue weighted by Crippen LogP contribution is -2.15. The zero-order chi connectivity index (χ0) is 19.6. The van der Waals surface area contributed by atoms with Gasteiger partial charge in [-0.3, -0.25) is 14.9 Å². The highest BCUT2D eigenvalue weighted by Gasteiger charge is 2.24. The van der Waals surface area contributed by atoms with Gasteiger partial charge in [0.15, 0.2) is 0 Å². The van der Waals surface area contributed by atoms with E-state index in [-0.39, 0.29) is 28.3 Å². The Balaban J connectivity index is 2.51. The number of anilines is 2. The first-order chi connectivity index (χ1) is 12.0. The van der Waals surface area contributed by atoms with Crippen LogP contribution in [-0.4, -0.2) is 33.7 Å². The largest absolute Gasteiger partial charge is 0.465 e. The molecule has 0 amide bonds. The summed E-state index contributed by atoms with van der Waals surface area (Å²) in [6, 6.07) is 5.57. The zero-order valence-electron chi connectivity index (χ0n) is 15.2. The van der Waals surface area contributed by atoms with Crippen molar-refractivity contribution >= 4 is 29.1 Å². The molecule has 0 unspecified atom stereocenters. The van der Waals surface area contributed by atoms with E-state index in [1.165, 1.54) is 26.2 Å². The molecule has 138 valence electrons. The second-order valence-electron chi connectivity index (χ2n) is 6.70. The SMILES string of the molecule is COC(=O)c1ccc(Nc2cc(C(C)(C)C)nn2C(C)=O)c([N+](=O)[O-])c1. The van der Waals surface area contributed by atoms with Crippen LogP contribution in [0.15, 0.2) is 24.3 Å². The summed E-state index contributed by atoms with van der Waals surface area (Å²) in [5, 5.41) is 18.5. The fraction of sp³-hybridized carbons (Fsp3) is 0.353. The van der Waals surface area contributed by atoms with Crippen molar-refractivity contribution in [3.05, 3.63) is 45.6 Å². The number of nitrogens with zero attached hydrogens (tertiary/aromatic N) is 3. The fourth-order valence-corrected chi connectivity index (χ4v) is 2.25. The number of carbonyl (C=O) groups is 2. The summed E-state index contributed by atoms with van der Waals surface area (Å²) in [5.74, 6) is -0.711. The average Bonchev–Trinajstić information content (AvgIpc) is 2.98. The molecule has 2 rings (SSSR count). The molecule has 26 heavy (non-hydrogen) atoms. The van der Waals surface area contributed by atoms with Crippen molar-refractivity contribution in [1.29, 1.82) is 0 Å². The molecule has 0 saturated carbocycles. The molecule has 0 aliphatic rings. The van der Waals surface area contributed by atoms with Gasteiger partial charge >= 0.3 is 5.97 Å². The second-order valence-corrected chi connectivity index (χ2v) is 6.70. The quantitative estimate of drug-likeness (QED) is 0.505. The summed E-state index contributed by atoms with van der Waals surface area (Å²) < 4.78 is 5.73. The number of rotatable bonds is 4. The molecule has 0 radical (unpaired) electrons. The average molecular weight is 360 g/mol. The predicted molar refractivity (Wildman–Crippen MR) is 94.9 cm³/mol. The number of benzene rings is 1. The molecular weight excluding hydrogens is 340 g/mol. The van der Waals surface area contributed by atoms with Crippen molar-refractivity contribution in [3.8, 4) is 0 Å². The van der Waals surface area contributed by atoms with Gasteiger partial charge in [0.05, 0.1) is 23.3 Å². The molecule has 1 heterocycles. The third-order valence-electron chi connectivity index (χ3n) is 3.65. The number of hydrogen-bond donors (Lipinski definition) is 1. The molecule has 0 spiro atoms. The lowest BCUT2D eigenvalue weighted by molar-refractivity contribution is -0.383. The molecule has 9 heteroatoms. The maximum Gasteiger partial charge on any atom is 0.338 e. The minimum Gasteiger partial charge on any atom is -0.465 e. The van der Waals surface area contributed by atoms with Crippen LogP contribution in [0.1, 0.15) is 48.5 Å². The predicted octanol–water partition coefficient (Wildman–Crippen LogP) is 3.28. The fourth-order valence-electron chi connectivity index (χ4n) is 2.25. The van der Waals surface area contributed by atoms with Crippen LogP contribution >= 0.6 is 0 Å². The van der Waals surface area contributed by atoms with Gasteiger partial charge in [0.2, 0.25) is 5.91 Å². The highest BCUT2D eigenvalue weighted by molar-refractivity contribution is 5.91. The number of hydrogen-bond acceptors (Lipinski definition) is 7. The lowest BCUT2D eigenvalue weighted by Gasteiger charge is -2.13.